The quantitative estimate of drug-likeness (QED) is 0.904. The Labute approximate surface area is 137 Å². The fourth-order valence-electron chi connectivity index (χ4n) is 4.26. The van der Waals surface area contributed by atoms with Crippen molar-refractivity contribution in [2.24, 2.45) is 5.41 Å². The molecule has 1 heterocycles. The standard InChI is InChI=1S/C18H25NO4/c1-22-14-6-5-13(11-15(14)23-2)16(17(20)21)19-10-9-18(12-19)7-3-4-8-18/h5-6,11,16H,3-4,7-10,12H2,1-2H3,(H,20,21). The van der Waals surface area contributed by atoms with Gasteiger partial charge in [-0.3, -0.25) is 9.69 Å². The molecule has 2 aliphatic rings. The Bertz CT molecular complexity index is 580. The number of rotatable bonds is 5. The lowest BCUT2D eigenvalue weighted by Crippen LogP contribution is -2.34. The smallest absolute Gasteiger partial charge is 0.325 e. The van der Waals surface area contributed by atoms with Gasteiger partial charge in [0.2, 0.25) is 0 Å². The van der Waals surface area contributed by atoms with Crippen molar-refractivity contribution in [2.75, 3.05) is 27.3 Å². The fraction of sp³-hybridized carbons (Fsp3) is 0.611. The van der Waals surface area contributed by atoms with E-state index in [0.717, 1.165) is 25.1 Å². The van der Waals surface area contributed by atoms with Gasteiger partial charge in [0.1, 0.15) is 6.04 Å². The lowest BCUT2D eigenvalue weighted by atomic mass is 9.85. The molecule has 0 aromatic heterocycles. The normalized spacial score (nSPS) is 21.5. The summed E-state index contributed by atoms with van der Waals surface area (Å²) in [5.74, 6) is 0.396. The summed E-state index contributed by atoms with van der Waals surface area (Å²) in [6, 6.07) is 4.79. The van der Waals surface area contributed by atoms with E-state index < -0.39 is 12.0 Å². The summed E-state index contributed by atoms with van der Waals surface area (Å²) in [5.41, 5.74) is 1.11. The first-order valence-corrected chi connectivity index (χ1v) is 8.27. The molecule has 3 rings (SSSR count). The third kappa shape index (κ3) is 3.02. The van der Waals surface area contributed by atoms with Crippen molar-refractivity contribution in [3.8, 4) is 11.5 Å². The van der Waals surface area contributed by atoms with Gasteiger partial charge in [-0.05, 0) is 48.9 Å². The highest BCUT2D eigenvalue weighted by molar-refractivity contribution is 5.76. The zero-order chi connectivity index (χ0) is 16.4. The number of likely N-dealkylation sites (tertiary alicyclic amines) is 1. The van der Waals surface area contributed by atoms with Crippen molar-refractivity contribution in [1.82, 2.24) is 4.90 Å². The lowest BCUT2D eigenvalue weighted by Gasteiger charge is -2.28. The minimum atomic E-state index is -0.799. The first-order chi connectivity index (χ1) is 11.1. The van der Waals surface area contributed by atoms with Crippen molar-refractivity contribution in [1.29, 1.82) is 0 Å². The lowest BCUT2D eigenvalue weighted by molar-refractivity contribution is -0.143. The molecule has 0 amide bonds. The molecule has 23 heavy (non-hydrogen) atoms. The Hall–Kier alpha value is -1.75. The highest BCUT2D eigenvalue weighted by atomic mass is 16.5. The van der Waals surface area contributed by atoms with Gasteiger partial charge in [-0.1, -0.05) is 18.9 Å². The summed E-state index contributed by atoms with van der Waals surface area (Å²) >= 11 is 0. The summed E-state index contributed by atoms with van der Waals surface area (Å²) < 4.78 is 10.6. The van der Waals surface area contributed by atoms with E-state index in [9.17, 15) is 9.90 Å². The highest BCUT2D eigenvalue weighted by Crippen LogP contribution is 2.47. The molecule has 0 radical (unpaired) electrons. The van der Waals surface area contributed by atoms with E-state index in [-0.39, 0.29) is 0 Å². The van der Waals surface area contributed by atoms with E-state index in [1.54, 1.807) is 26.4 Å². The van der Waals surface area contributed by atoms with Gasteiger partial charge in [0.15, 0.2) is 11.5 Å². The minimum Gasteiger partial charge on any atom is -0.493 e. The van der Waals surface area contributed by atoms with Crippen LogP contribution < -0.4 is 9.47 Å². The molecule has 1 atom stereocenters. The van der Waals surface area contributed by atoms with Crippen LogP contribution in [0.5, 0.6) is 11.5 Å². The number of hydrogen-bond acceptors (Lipinski definition) is 4. The van der Waals surface area contributed by atoms with Gasteiger partial charge in [-0.15, -0.1) is 0 Å². The van der Waals surface area contributed by atoms with Crippen LogP contribution >= 0.6 is 0 Å². The SMILES string of the molecule is COc1ccc(C(C(=O)O)N2CCC3(CCCC3)C2)cc1OC. The van der Waals surface area contributed by atoms with Crippen molar-refractivity contribution < 1.29 is 19.4 Å². The van der Waals surface area contributed by atoms with Crippen molar-refractivity contribution in [2.45, 2.75) is 38.1 Å². The van der Waals surface area contributed by atoms with Gasteiger partial charge in [0.05, 0.1) is 14.2 Å². The summed E-state index contributed by atoms with van der Waals surface area (Å²) in [4.78, 5) is 14.1. The van der Waals surface area contributed by atoms with E-state index in [4.69, 9.17) is 9.47 Å². The molecular formula is C18H25NO4. The maximum atomic E-state index is 11.9. The molecule has 0 bridgehead atoms. The second kappa shape index (κ2) is 6.40. The van der Waals surface area contributed by atoms with Crippen LogP contribution in [0.3, 0.4) is 0 Å². The van der Waals surface area contributed by atoms with Gasteiger partial charge in [0.25, 0.3) is 0 Å². The van der Waals surface area contributed by atoms with E-state index in [0.29, 0.717) is 16.9 Å². The van der Waals surface area contributed by atoms with Crippen LogP contribution in [0.1, 0.15) is 43.7 Å². The average Bonchev–Trinajstić information content (AvgIpc) is 3.17. The molecule has 1 aliphatic carbocycles. The first kappa shape index (κ1) is 16.1. The predicted octanol–water partition coefficient (Wildman–Crippen LogP) is 3.10. The fourth-order valence-corrected chi connectivity index (χ4v) is 4.26. The van der Waals surface area contributed by atoms with Gasteiger partial charge < -0.3 is 14.6 Å². The summed E-state index contributed by atoms with van der Waals surface area (Å²) in [5, 5.41) is 9.79. The minimum absolute atomic E-state index is 0.351. The van der Waals surface area contributed by atoms with Crippen LogP contribution in [-0.2, 0) is 4.79 Å². The third-order valence-corrected chi connectivity index (χ3v) is 5.45. The third-order valence-electron chi connectivity index (χ3n) is 5.45. The zero-order valence-corrected chi connectivity index (χ0v) is 13.9. The number of carboxylic acids is 1. The number of hydrogen-bond donors (Lipinski definition) is 1. The Morgan fingerprint density at radius 1 is 1.17 bits per heavy atom. The monoisotopic (exact) mass is 319 g/mol. The largest absolute Gasteiger partial charge is 0.493 e. The molecule has 1 aromatic rings. The molecule has 5 heteroatoms. The molecule has 1 saturated heterocycles. The first-order valence-electron chi connectivity index (χ1n) is 8.27. The number of carboxylic acid groups (broad SMARTS) is 1. The second-order valence-electron chi connectivity index (χ2n) is 6.78. The molecule has 2 fully saturated rings. The number of ether oxygens (including phenoxy) is 2. The van der Waals surface area contributed by atoms with E-state index in [1.807, 2.05) is 6.07 Å². The Balaban J connectivity index is 1.86. The Morgan fingerprint density at radius 3 is 2.48 bits per heavy atom. The number of nitrogens with zero attached hydrogens (tertiary/aromatic N) is 1. The maximum absolute atomic E-state index is 11.9. The van der Waals surface area contributed by atoms with E-state index in [1.165, 1.54) is 25.7 Å². The second-order valence-corrected chi connectivity index (χ2v) is 6.78. The van der Waals surface area contributed by atoms with E-state index in [2.05, 4.69) is 4.90 Å². The molecule has 1 aromatic carbocycles. The Kier molecular flexibility index (Phi) is 4.48. The van der Waals surface area contributed by atoms with Gasteiger partial charge in [-0.2, -0.15) is 0 Å². The van der Waals surface area contributed by atoms with Gasteiger partial charge >= 0.3 is 5.97 Å². The number of carbonyl (C=O) groups is 1. The molecule has 1 unspecified atom stereocenters. The van der Waals surface area contributed by atoms with Crippen LogP contribution in [-0.4, -0.2) is 43.3 Å². The molecule has 5 nitrogen and oxygen atoms in total. The molecule has 1 spiro atoms. The topological polar surface area (TPSA) is 59.0 Å². The highest BCUT2D eigenvalue weighted by Gasteiger charge is 2.44. The molecule has 1 aliphatic heterocycles. The zero-order valence-electron chi connectivity index (χ0n) is 13.9. The molecule has 1 N–H and O–H groups in total. The molecular weight excluding hydrogens is 294 g/mol. The molecule has 126 valence electrons. The van der Waals surface area contributed by atoms with Gasteiger partial charge in [0, 0.05) is 6.54 Å². The average molecular weight is 319 g/mol. The van der Waals surface area contributed by atoms with Crippen molar-refractivity contribution in [3.05, 3.63) is 23.8 Å². The Morgan fingerprint density at radius 2 is 1.87 bits per heavy atom. The van der Waals surface area contributed by atoms with Crippen molar-refractivity contribution >= 4 is 5.97 Å². The predicted molar refractivity (Wildman–Crippen MR) is 87.0 cm³/mol. The van der Waals surface area contributed by atoms with Crippen LogP contribution in [0, 0.1) is 5.41 Å². The summed E-state index contributed by atoms with van der Waals surface area (Å²) in [6.07, 6.45) is 6.15. The van der Waals surface area contributed by atoms with Crippen LogP contribution in [0.15, 0.2) is 18.2 Å². The molecule has 1 saturated carbocycles. The number of methoxy groups -OCH3 is 2. The van der Waals surface area contributed by atoms with Crippen LogP contribution in [0.25, 0.3) is 0 Å². The number of benzene rings is 1. The summed E-state index contributed by atoms with van der Waals surface area (Å²) in [7, 11) is 3.15. The van der Waals surface area contributed by atoms with E-state index >= 15 is 0 Å². The van der Waals surface area contributed by atoms with Crippen molar-refractivity contribution in [3.63, 3.8) is 0 Å². The van der Waals surface area contributed by atoms with Crippen LogP contribution in [0.4, 0.5) is 0 Å². The number of aliphatic carboxylic acids is 1. The van der Waals surface area contributed by atoms with Crippen LogP contribution in [0.2, 0.25) is 0 Å². The summed E-state index contributed by atoms with van der Waals surface area (Å²) in [6.45, 7) is 1.74. The van der Waals surface area contributed by atoms with Gasteiger partial charge in [-0.25, -0.2) is 0 Å². The maximum Gasteiger partial charge on any atom is 0.325 e.